The smallest absolute Gasteiger partial charge is 0.153 e. The van der Waals surface area contributed by atoms with Crippen molar-refractivity contribution in [1.82, 2.24) is 14.5 Å². The molecule has 5 rings (SSSR count). The Kier molecular flexibility index (Phi) is 3.16. The van der Waals surface area contributed by atoms with E-state index in [1.165, 1.54) is 5.56 Å². The molecule has 4 heteroatoms. The van der Waals surface area contributed by atoms with Gasteiger partial charge in [0.1, 0.15) is 11.4 Å². The number of furan rings is 1. The minimum atomic E-state index is 0.291. The molecule has 0 unspecified atom stereocenters. The van der Waals surface area contributed by atoms with Crippen LogP contribution in [0.15, 0.2) is 59.3 Å². The van der Waals surface area contributed by atoms with Crippen molar-refractivity contribution in [2.24, 2.45) is 0 Å². The van der Waals surface area contributed by atoms with Gasteiger partial charge in [0.2, 0.25) is 0 Å². The number of hydrogen-bond donors (Lipinski definition) is 0. The Morgan fingerprint density at radius 2 is 1.88 bits per heavy atom. The molecule has 0 fully saturated rings. The second kappa shape index (κ2) is 5.43. The number of aromatic nitrogens is 3. The van der Waals surface area contributed by atoms with E-state index < -0.39 is 0 Å². The van der Waals surface area contributed by atoms with E-state index >= 15 is 0 Å². The third-order valence-corrected chi connectivity index (χ3v) is 4.99. The fourth-order valence-corrected chi connectivity index (χ4v) is 3.83. The average Bonchev–Trinajstić information content (AvgIpc) is 3.21. The predicted molar refractivity (Wildman–Crippen MR) is 105 cm³/mol. The maximum Gasteiger partial charge on any atom is 0.153 e. The maximum atomic E-state index is 6.23. The number of para-hydroxylation sites is 2. The zero-order chi connectivity index (χ0) is 17.8. The van der Waals surface area contributed by atoms with E-state index in [4.69, 9.17) is 9.40 Å². The van der Waals surface area contributed by atoms with E-state index in [-0.39, 0.29) is 0 Å². The fraction of sp³-hybridized carbons (Fsp3) is 0.182. The molecule has 4 nitrogen and oxygen atoms in total. The van der Waals surface area contributed by atoms with Crippen molar-refractivity contribution in [3.05, 3.63) is 60.4 Å². The summed E-state index contributed by atoms with van der Waals surface area (Å²) in [6.45, 7) is 6.49. The molecule has 0 saturated carbocycles. The summed E-state index contributed by atoms with van der Waals surface area (Å²) in [5, 5.41) is 2.24. The lowest BCUT2D eigenvalue weighted by molar-refractivity contribution is 0.622. The zero-order valence-electron chi connectivity index (χ0n) is 15.0. The molecule has 0 aliphatic heterocycles. The summed E-state index contributed by atoms with van der Waals surface area (Å²) in [7, 11) is 0. The Labute approximate surface area is 151 Å². The van der Waals surface area contributed by atoms with Gasteiger partial charge in [0.15, 0.2) is 5.58 Å². The van der Waals surface area contributed by atoms with Crippen LogP contribution < -0.4 is 0 Å². The van der Waals surface area contributed by atoms with Gasteiger partial charge in [-0.3, -0.25) is 4.98 Å². The van der Waals surface area contributed by atoms with Crippen LogP contribution in [0.25, 0.3) is 44.4 Å². The van der Waals surface area contributed by atoms with Gasteiger partial charge in [-0.15, -0.1) is 0 Å². The van der Waals surface area contributed by atoms with Crippen LogP contribution in [0.4, 0.5) is 0 Å². The molecule has 0 saturated heterocycles. The van der Waals surface area contributed by atoms with Crippen molar-refractivity contribution in [3.8, 4) is 11.4 Å². The Bertz CT molecular complexity index is 1280. The Morgan fingerprint density at radius 3 is 2.73 bits per heavy atom. The van der Waals surface area contributed by atoms with Crippen LogP contribution in [0.5, 0.6) is 0 Å². The highest BCUT2D eigenvalue weighted by Gasteiger charge is 2.20. The lowest BCUT2D eigenvalue weighted by Crippen LogP contribution is -2.03. The number of pyridine rings is 1. The Morgan fingerprint density at radius 1 is 1.04 bits per heavy atom. The summed E-state index contributed by atoms with van der Waals surface area (Å²) < 4.78 is 8.52. The SMILES string of the molecule is Cc1ccc(-c2nc3ccccc3n2C(C)C)c2oc3cnccc3c12. The van der Waals surface area contributed by atoms with Gasteiger partial charge in [0.25, 0.3) is 0 Å². The van der Waals surface area contributed by atoms with Gasteiger partial charge in [-0.25, -0.2) is 4.98 Å². The molecular formula is C22H19N3O. The van der Waals surface area contributed by atoms with Crippen molar-refractivity contribution in [1.29, 1.82) is 0 Å². The topological polar surface area (TPSA) is 43.9 Å². The van der Waals surface area contributed by atoms with Crippen LogP contribution in [0.1, 0.15) is 25.5 Å². The lowest BCUT2D eigenvalue weighted by atomic mass is 10.0. The maximum absolute atomic E-state index is 6.23. The van der Waals surface area contributed by atoms with Crippen molar-refractivity contribution in [2.75, 3.05) is 0 Å². The first-order valence-corrected chi connectivity index (χ1v) is 8.88. The van der Waals surface area contributed by atoms with Crippen molar-refractivity contribution >= 4 is 33.0 Å². The van der Waals surface area contributed by atoms with Crippen LogP contribution in [0, 0.1) is 6.92 Å². The van der Waals surface area contributed by atoms with Crippen LogP contribution >= 0.6 is 0 Å². The molecular weight excluding hydrogens is 322 g/mol. The molecule has 0 spiro atoms. The number of aryl methyl sites for hydroxylation is 1. The highest BCUT2D eigenvalue weighted by Crippen LogP contribution is 2.38. The largest absolute Gasteiger partial charge is 0.454 e. The summed E-state index contributed by atoms with van der Waals surface area (Å²) in [6.07, 6.45) is 3.59. The minimum absolute atomic E-state index is 0.291. The van der Waals surface area contributed by atoms with E-state index in [1.807, 2.05) is 18.3 Å². The average molecular weight is 341 g/mol. The molecule has 0 atom stereocenters. The summed E-state index contributed by atoms with van der Waals surface area (Å²) in [5.74, 6) is 0.943. The third-order valence-electron chi connectivity index (χ3n) is 4.99. The second-order valence-electron chi connectivity index (χ2n) is 7.00. The molecule has 128 valence electrons. The molecule has 3 heterocycles. The first-order chi connectivity index (χ1) is 12.6. The molecule has 0 N–H and O–H groups in total. The number of fused-ring (bicyclic) bond motifs is 4. The second-order valence-corrected chi connectivity index (χ2v) is 7.00. The first-order valence-electron chi connectivity index (χ1n) is 8.88. The number of imidazole rings is 1. The normalized spacial score (nSPS) is 12.0. The molecule has 0 aliphatic carbocycles. The lowest BCUT2D eigenvalue weighted by Gasteiger charge is -2.13. The first kappa shape index (κ1) is 15.1. The van der Waals surface area contributed by atoms with Crippen LogP contribution in [-0.4, -0.2) is 14.5 Å². The Hall–Kier alpha value is -3.14. The monoisotopic (exact) mass is 341 g/mol. The van der Waals surface area contributed by atoms with E-state index in [2.05, 4.69) is 60.7 Å². The van der Waals surface area contributed by atoms with E-state index in [0.717, 1.165) is 44.4 Å². The number of nitrogens with zero attached hydrogens (tertiary/aromatic N) is 3. The molecule has 0 radical (unpaired) electrons. The van der Waals surface area contributed by atoms with Gasteiger partial charge >= 0.3 is 0 Å². The van der Waals surface area contributed by atoms with E-state index in [1.54, 1.807) is 6.20 Å². The predicted octanol–water partition coefficient (Wildman–Crippen LogP) is 5.89. The molecule has 0 bridgehead atoms. The van der Waals surface area contributed by atoms with Crippen molar-refractivity contribution in [2.45, 2.75) is 26.8 Å². The molecule has 2 aromatic carbocycles. The molecule has 3 aromatic heterocycles. The van der Waals surface area contributed by atoms with Gasteiger partial charge < -0.3 is 8.98 Å². The van der Waals surface area contributed by atoms with Crippen LogP contribution in [-0.2, 0) is 0 Å². The van der Waals surface area contributed by atoms with Gasteiger partial charge in [0.05, 0.1) is 22.8 Å². The Balaban J connectivity index is 1.93. The van der Waals surface area contributed by atoms with Crippen LogP contribution in [0.3, 0.4) is 0 Å². The zero-order valence-corrected chi connectivity index (χ0v) is 15.0. The molecule has 26 heavy (non-hydrogen) atoms. The fourth-order valence-electron chi connectivity index (χ4n) is 3.83. The van der Waals surface area contributed by atoms with Crippen molar-refractivity contribution in [3.63, 3.8) is 0 Å². The standard InChI is InChI=1S/C22H19N3O/c1-13(2)25-18-7-5-4-6-17(18)24-22(25)16-9-8-14(3)20-15-10-11-23-12-19(15)26-21(16)20/h4-13H,1-3H3. The van der Waals surface area contributed by atoms with Crippen molar-refractivity contribution < 1.29 is 4.42 Å². The highest BCUT2D eigenvalue weighted by molar-refractivity contribution is 6.10. The summed E-state index contributed by atoms with van der Waals surface area (Å²) in [4.78, 5) is 9.15. The van der Waals surface area contributed by atoms with Gasteiger partial charge in [-0.2, -0.15) is 0 Å². The molecule has 5 aromatic rings. The molecule has 0 aliphatic rings. The summed E-state index contributed by atoms with van der Waals surface area (Å²) in [6, 6.07) is 14.9. The number of hydrogen-bond acceptors (Lipinski definition) is 3. The summed E-state index contributed by atoms with van der Waals surface area (Å²) in [5.41, 5.74) is 6.05. The van der Waals surface area contributed by atoms with Gasteiger partial charge in [0, 0.05) is 23.0 Å². The number of rotatable bonds is 2. The van der Waals surface area contributed by atoms with Gasteiger partial charge in [-0.1, -0.05) is 18.2 Å². The molecule has 0 amide bonds. The quantitative estimate of drug-likeness (QED) is 0.402. The van der Waals surface area contributed by atoms with E-state index in [0.29, 0.717) is 6.04 Å². The third kappa shape index (κ3) is 2.02. The van der Waals surface area contributed by atoms with E-state index in [9.17, 15) is 0 Å². The number of benzene rings is 2. The minimum Gasteiger partial charge on any atom is -0.454 e. The van der Waals surface area contributed by atoms with Crippen LogP contribution in [0.2, 0.25) is 0 Å². The highest BCUT2D eigenvalue weighted by atomic mass is 16.3. The summed E-state index contributed by atoms with van der Waals surface area (Å²) >= 11 is 0. The van der Waals surface area contributed by atoms with Gasteiger partial charge in [-0.05, 0) is 50.6 Å².